The highest BCUT2D eigenvalue weighted by atomic mass is 79.9. The van der Waals surface area contributed by atoms with Crippen molar-refractivity contribution in [2.24, 2.45) is 12.9 Å². The second-order valence-corrected chi connectivity index (χ2v) is 4.93. The SMILES string of the molecule is CCOc1ccccc1C(NN)c1c(Br)cnn1C. The van der Waals surface area contributed by atoms with Crippen molar-refractivity contribution in [3.8, 4) is 5.75 Å². The second-order valence-electron chi connectivity index (χ2n) is 4.07. The fraction of sp³-hybridized carbons (Fsp3) is 0.308. The van der Waals surface area contributed by atoms with Crippen LogP contribution in [0.15, 0.2) is 34.9 Å². The molecule has 102 valence electrons. The zero-order valence-corrected chi connectivity index (χ0v) is 12.5. The number of hydrogen-bond acceptors (Lipinski definition) is 4. The van der Waals surface area contributed by atoms with E-state index in [1.165, 1.54) is 0 Å². The molecule has 6 heteroatoms. The van der Waals surface area contributed by atoms with Crippen molar-refractivity contribution >= 4 is 15.9 Å². The molecule has 0 spiro atoms. The summed E-state index contributed by atoms with van der Waals surface area (Å²) in [4.78, 5) is 0. The molecule has 1 unspecified atom stereocenters. The summed E-state index contributed by atoms with van der Waals surface area (Å²) < 4.78 is 8.35. The maximum absolute atomic E-state index is 5.73. The third-order valence-electron chi connectivity index (χ3n) is 2.91. The van der Waals surface area contributed by atoms with Gasteiger partial charge in [-0.15, -0.1) is 0 Å². The minimum Gasteiger partial charge on any atom is -0.494 e. The molecule has 5 nitrogen and oxygen atoms in total. The molecule has 3 N–H and O–H groups in total. The van der Waals surface area contributed by atoms with Gasteiger partial charge in [-0.1, -0.05) is 18.2 Å². The quantitative estimate of drug-likeness (QED) is 0.653. The highest BCUT2D eigenvalue weighted by Gasteiger charge is 2.22. The molecule has 0 aliphatic rings. The lowest BCUT2D eigenvalue weighted by Crippen LogP contribution is -2.31. The van der Waals surface area contributed by atoms with E-state index >= 15 is 0 Å². The number of nitrogens with one attached hydrogen (secondary N) is 1. The summed E-state index contributed by atoms with van der Waals surface area (Å²) in [5.74, 6) is 6.55. The second kappa shape index (κ2) is 6.18. The van der Waals surface area contributed by atoms with Crippen LogP contribution in [0.3, 0.4) is 0 Å². The first-order valence-electron chi connectivity index (χ1n) is 6.04. The number of halogens is 1. The fourth-order valence-electron chi connectivity index (χ4n) is 2.07. The lowest BCUT2D eigenvalue weighted by Gasteiger charge is -2.20. The third-order valence-corrected chi connectivity index (χ3v) is 3.52. The standard InChI is InChI=1S/C13H17BrN4O/c1-3-19-11-7-5-4-6-9(11)12(17-15)13-10(14)8-16-18(13)2/h4-8,12,17H,3,15H2,1-2H3. The molecule has 0 saturated carbocycles. The Bertz CT molecular complexity index is 536. The molecule has 0 saturated heterocycles. The summed E-state index contributed by atoms with van der Waals surface area (Å²) in [6.45, 7) is 2.57. The normalized spacial score (nSPS) is 12.4. The van der Waals surface area contributed by atoms with Gasteiger partial charge in [0.05, 0.1) is 29.0 Å². The van der Waals surface area contributed by atoms with Gasteiger partial charge in [0, 0.05) is 12.6 Å². The van der Waals surface area contributed by atoms with E-state index < -0.39 is 0 Å². The Labute approximate surface area is 120 Å². The van der Waals surface area contributed by atoms with Gasteiger partial charge in [-0.05, 0) is 28.9 Å². The molecule has 1 heterocycles. The first-order valence-corrected chi connectivity index (χ1v) is 6.83. The van der Waals surface area contributed by atoms with Crippen LogP contribution in [0.25, 0.3) is 0 Å². The van der Waals surface area contributed by atoms with Crippen LogP contribution in [0.1, 0.15) is 24.2 Å². The Morgan fingerprint density at radius 1 is 1.47 bits per heavy atom. The number of para-hydroxylation sites is 1. The third kappa shape index (κ3) is 2.80. The van der Waals surface area contributed by atoms with Crippen molar-refractivity contribution in [3.63, 3.8) is 0 Å². The van der Waals surface area contributed by atoms with E-state index in [0.717, 1.165) is 21.5 Å². The van der Waals surface area contributed by atoms with Crippen LogP contribution in [0.4, 0.5) is 0 Å². The van der Waals surface area contributed by atoms with Crippen molar-refractivity contribution in [1.82, 2.24) is 15.2 Å². The van der Waals surface area contributed by atoms with E-state index in [1.807, 2.05) is 38.2 Å². The number of hydrogen-bond donors (Lipinski definition) is 2. The highest BCUT2D eigenvalue weighted by molar-refractivity contribution is 9.10. The Kier molecular flexibility index (Phi) is 4.57. The smallest absolute Gasteiger partial charge is 0.124 e. The molecular weight excluding hydrogens is 308 g/mol. The fourth-order valence-corrected chi connectivity index (χ4v) is 2.64. The molecule has 2 rings (SSSR count). The Balaban J connectivity index is 2.48. The summed E-state index contributed by atoms with van der Waals surface area (Å²) in [5.41, 5.74) is 4.77. The van der Waals surface area contributed by atoms with Crippen LogP contribution in [-0.2, 0) is 7.05 Å². The largest absolute Gasteiger partial charge is 0.494 e. The van der Waals surface area contributed by atoms with E-state index in [-0.39, 0.29) is 6.04 Å². The molecule has 2 aromatic rings. The Hall–Kier alpha value is -1.37. The lowest BCUT2D eigenvalue weighted by atomic mass is 10.0. The summed E-state index contributed by atoms with van der Waals surface area (Å²) in [6, 6.07) is 7.65. The number of aromatic nitrogens is 2. The maximum Gasteiger partial charge on any atom is 0.124 e. The van der Waals surface area contributed by atoms with E-state index in [1.54, 1.807) is 10.9 Å². The van der Waals surface area contributed by atoms with Gasteiger partial charge in [0.1, 0.15) is 5.75 Å². The lowest BCUT2D eigenvalue weighted by molar-refractivity contribution is 0.333. The van der Waals surface area contributed by atoms with E-state index in [0.29, 0.717) is 6.61 Å². The summed E-state index contributed by atoms with van der Waals surface area (Å²) in [6.07, 6.45) is 1.75. The van der Waals surface area contributed by atoms with Crippen molar-refractivity contribution in [2.75, 3.05) is 6.61 Å². The molecule has 0 radical (unpaired) electrons. The average molecular weight is 325 g/mol. The van der Waals surface area contributed by atoms with E-state index in [9.17, 15) is 0 Å². The number of nitrogens with two attached hydrogens (primary N) is 1. The Morgan fingerprint density at radius 3 is 2.79 bits per heavy atom. The van der Waals surface area contributed by atoms with Gasteiger partial charge < -0.3 is 4.74 Å². The van der Waals surface area contributed by atoms with Crippen molar-refractivity contribution < 1.29 is 4.74 Å². The van der Waals surface area contributed by atoms with Gasteiger partial charge in [0.15, 0.2) is 0 Å². The van der Waals surface area contributed by atoms with Crippen LogP contribution in [0, 0.1) is 0 Å². The van der Waals surface area contributed by atoms with Crippen molar-refractivity contribution in [3.05, 3.63) is 46.2 Å². The summed E-state index contributed by atoms with van der Waals surface area (Å²) in [7, 11) is 1.88. The molecule has 1 atom stereocenters. The molecule has 1 aromatic heterocycles. The number of rotatable bonds is 5. The molecule has 19 heavy (non-hydrogen) atoms. The van der Waals surface area contributed by atoms with Gasteiger partial charge in [0.25, 0.3) is 0 Å². The Morgan fingerprint density at radius 2 is 2.21 bits per heavy atom. The average Bonchev–Trinajstić information content (AvgIpc) is 2.74. The first kappa shape index (κ1) is 14.0. The van der Waals surface area contributed by atoms with Crippen LogP contribution < -0.4 is 16.0 Å². The zero-order valence-electron chi connectivity index (χ0n) is 10.9. The number of nitrogens with zero attached hydrogens (tertiary/aromatic N) is 2. The molecule has 0 aliphatic heterocycles. The van der Waals surface area contributed by atoms with Crippen LogP contribution in [0.5, 0.6) is 5.75 Å². The molecule has 0 fully saturated rings. The topological polar surface area (TPSA) is 65.1 Å². The van der Waals surface area contributed by atoms with Crippen LogP contribution in [0.2, 0.25) is 0 Å². The van der Waals surface area contributed by atoms with Crippen LogP contribution in [-0.4, -0.2) is 16.4 Å². The zero-order chi connectivity index (χ0) is 13.8. The van der Waals surface area contributed by atoms with E-state index in [4.69, 9.17) is 10.6 Å². The molecule has 0 aliphatic carbocycles. The molecular formula is C13H17BrN4O. The van der Waals surface area contributed by atoms with Gasteiger partial charge >= 0.3 is 0 Å². The predicted octanol–water partition coefficient (Wildman–Crippen LogP) is 2.13. The monoisotopic (exact) mass is 324 g/mol. The summed E-state index contributed by atoms with van der Waals surface area (Å²) in [5, 5.41) is 4.22. The van der Waals surface area contributed by atoms with Crippen LogP contribution >= 0.6 is 15.9 Å². The number of aryl methyl sites for hydroxylation is 1. The van der Waals surface area contributed by atoms with Gasteiger partial charge in [-0.25, -0.2) is 5.43 Å². The van der Waals surface area contributed by atoms with Crippen molar-refractivity contribution in [2.45, 2.75) is 13.0 Å². The van der Waals surface area contributed by atoms with Gasteiger partial charge in [0.2, 0.25) is 0 Å². The van der Waals surface area contributed by atoms with E-state index in [2.05, 4.69) is 26.5 Å². The highest BCUT2D eigenvalue weighted by Crippen LogP contribution is 2.32. The number of hydrazine groups is 1. The molecule has 0 bridgehead atoms. The predicted molar refractivity (Wildman–Crippen MR) is 77.7 cm³/mol. The van der Waals surface area contributed by atoms with Gasteiger partial charge in [-0.3, -0.25) is 10.5 Å². The minimum atomic E-state index is -0.190. The molecule has 1 aromatic carbocycles. The summed E-state index contributed by atoms with van der Waals surface area (Å²) >= 11 is 3.50. The minimum absolute atomic E-state index is 0.190. The van der Waals surface area contributed by atoms with Gasteiger partial charge in [-0.2, -0.15) is 5.10 Å². The maximum atomic E-state index is 5.73. The number of ether oxygens (including phenoxy) is 1. The van der Waals surface area contributed by atoms with Crippen molar-refractivity contribution in [1.29, 1.82) is 0 Å². The number of benzene rings is 1. The molecule has 0 amide bonds. The first-order chi connectivity index (χ1) is 9.19.